The Kier molecular flexibility index (Phi) is 8.22. The zero-order valence-corrected chi connectivity index (χ0v) is 13.6. The van der Waals surface area contributed by atoms with E-state index < -0.39 is 5.54 Å². The summed E-state index contributed by atoms with van der Waals surface area (Å²) in [5, 5.41) is 3.33. The van der Waals surface area contributed by atoms with Gasteiger partial charge in [0.1, 0.15) is 5.54 Å². The summed E-state index contributed by atoms with van der Waals surface area (Å²) in [5.74, 6) is -0.180. The van der Waals surface area contributed by atoms with E-state index in [0.717, 1.165) is 13.1 Å². The Balaban J connectivity index is 4.61. The second-order valence-electron chi connectivity index (χ2n) is 5.89. The molecule has 0 saturated carbocycles. The third-order valence-electron chi connectivity index (χ3n) is 2.85. The van der Waals surface area contributed by atoms with E-state index >= 15 is 0 Å². The van der Waals surface area contributed by atoms with Crippen LogP contribution >= 0.6 is 0 Å². The summed E-state index contributed by atoms with van der Waals surface area (Å²) in [6.45, 7) is 10.8. The number of nitrogens with zero attached hydrogens (tertiary/aromatic N) is 2. The van der Waals surface area contributed by atoms with Gasteiger partial charge in [0.05, 0.1) is 6.61 Å². The molecule has 0 fully saturated rings. The Morgan fingerprint density at radius 2 is 1.84 bits per heavy atom. The molecule has 1 unspecified atom stereocenters. The van der Waals surface area contributed by atoms with Crippen molar-refractivity contribution in [1.82, 2.24) is 15.1 Å². The number of likely N-dealkylation sites (N-methyl/N-ethyl adjacent to an activating group) is 2. The average Bonchev–Trinajstić information content (AvgIpc) is 2.25. The average molecular weight is 273 g/mol. The molecule has 0 rings (SSSR count). The molecule has 0 bridgehead atoms. The van der Waals surface area contributed by atoms with Gasteiger partial charge < -0.3 is 14.5 Å². The number of ether oxygens (including phenoxy) is 1. The third-order valence-corrected chi connectivity index (χ3v) is 2.85. The van der Waals surface area contributed by atoms with Gasteiger partial charge in [-0.25, -0.2) is 0 Å². The number of hydrogen-bond donors (Lipinski definition) is 1. The lowest BCUT2D eigenvalue weighted by Crippen LogP contribution is -2.59. The highest BCUT2D eigenvalue weighted by Gasteiger charge is 2.36. The van der Waals surface area contributed by atoms with Crippen molar-refractivity contribution in [3.05, 3.63) is 0 Å². The van der Waals surface area contributed by atoms with Crippen LogP contribution < -0.4 is 5.32 Å². The summed E-state index contributed by atoms with van der Waals surface area (Å²) in [7, 11) is 6.12. The van der Waals surface area contributed by atoms with Crippen LogP contribution in [0.1, 0.15) is 27.7 Å². The van der Waals surface area contributed by atoms with Crippen LogP contribution in [0.15, 0.2) is 0 Å². The number of carbonyl (C=O) groups is 1. The van der Waals surface area contributed by atoms with Crippen LogP contribution in [0.3, 0.4) is 0 Å². The zero-order valence-electron chi connectivity index (χ0n) is 13.6. The number of rotatable bonds is 9. The van der Waals surface area contributed by atoms with Crippen molar-refractivity contribution < 1.29 is 9.53 Å². The molecule has 0 heterocycles. The van der Waals surface area contributed by atoms with Crippen molar-refractivity contribution in [2.45, 2.75) is 39.3 Å². The van der Waals surface area contributed by atoms with Crippen molar-refractivity contribution in [3.8, 4) is 0 Å². The molecule has 0 aliphatic rings. The first-order valence-corrected chi connectivity index (χ1v) is 6.99. The first-order chi connectivity index (χ1) is 8.71. The molecule has 0 aliphatic carbocycles. The molecule has 0 aromatic heterocycles. The summed E-state index contributed by atoms with van der Waals surface area (Å²) in [4.78, 5) is 16.4. The highest BCUT2D eigenvalue weighted by molar-refractivity contribution is 5.80. The summed E-state index contributed by atoms with van der Waals surface area (Å²) >= 11 is 0. The van der Waals surface area contributed by atoms with Gasteiger partial charge in [-0.3, -0.25) is 10.1 Å². The molecule has 114 valence electrons. The van der Waals surface area contributed by atoms with Crippen LogP contribution in [0.2, 0.25) is 0 Å². The maximum atomic E-state index is 12.2. The Labute approximate surface area is 118 Å². The lowest BCUT2D eigenvalue weighted by molar-refractivity contribution is -0.151. The summed E-state index contributed by atoms with van der Waals surface area (Å²) in [5.41, 5.74) is -0.661. The fraction of sp³-hybridized carbons (Fsp3) is 0.929. The minimum atomic E-state index is -0.661. The molecule has 0 aliphatic heterocycles. The largest absolute Gasteiger partial charge is 0.465 e. The summed E-state index contributed by atoms with van der Waals surface area (Å²) < 4.78 is 5.20. The van der Waals surface area contributed by atoms with Crippen LogP contribution in [-0.2, 0) is 9.53 Å². The predicted octanol–water partition coefficient (Wildman–Crippen LogP) is 0.800. The first kappa shape index (κ1) is 18.4. The molecule has 1 N–H and O–H groups in total. The van der Waals surface area contributed by atoms with Gasteiger partial charge in [-0.2, -0.15) is 0 Å². The zero-order chi connectivity index (χ0) is 15.1. The molecule has 0 saturated heterocycles. The van der Waals surface area contributed by atoms with Gasteiger partial charge in [0.2, 0.25) is 0 Å². The molecule has 19 heavy (non-hydrogen) atoms. The second-order valence-corrected chi connectivity index (χ2v) is 5.89. The van der Waals surface area contributed by atoms with Gasteiger partial charge in [-0.1, -0.05) is 0 Å². The molecular weight excluding hydrogens is 242 g/mol. The van der Waals surface area contributed by atoms with E-state index in [1.54, 1.807) is 0 Å². The van der Waals surface area contributed by atoms with Crippen molar-refractivity contribution in [1.29, 1.82) is 0 Å². The predicted molar refractivity (Wildman–Crippen MR) is 79.4 cm³/mol. The van der Waals surface area contributed by atoms with Gasteiger partial charge >= 0.3 is 5.97 Å². The lowest BCUT2D eigenvalue weighted by Gasteiger charge is -2.34. The Hall–Kier alpha value is -0.650. The van der Waals surface area contributed by atoms with Gasteiger partial charge in [0.15, 0.2) is 0 Å². The maximum absolute atomic E-state index is 12.2. The van der Waals surface area contributed by atoms with Gasteiger partial charge in [0, 0.05) is 25.7 Å². The fourth-order valence-corrected chi connectivity index (χ4v) is 2.09. The summed E-state index contributed by atoms with van der Waals surface area (Å²) in [6, 6.07) is 0.233. The molecule has 0 aromatic carbocycles. The standard InChI is InChI=1S/C14H31N3O2/c1-8-19-13(18)14(4,15-12(2)3)11-17(7)10-9-16(5)6/h12,15H,8-11H2,1-7H3. The number of nitrogens with one attached hydrogen (secondary N) is 1. The lowest BCUT2D eigenvalue weighted by atomic mass is 10.0. The molecule has 0 amide bonds. The van der Waals surface area contributed by atoms with Crippen LogP contribution in [0.4, 0.5) is 0 Å². The third kappa shape index (κ3) is 7.50. The van der Waals surface area contributed by atoms with Crippen molar-refractivity contribution in [2.75, 3.05) is 47.4 Å². The Bertz CT molecular complexity index is 269. The van der Waals surface area contributed by atoms with Crippen LogP contribution in [0.25, 0.3) is 0 Å². The minimum Gasteiger partial charge on any atom is -0.465 e. The molecule has 1 atom stereocenters. The molecule has 0 aromatic rings. The van der Waals surface area contributed by atoms with E-state index in [-0.39, 0.29) is 12.0 Å². The molecule has 0 radical (unpaired) electrons. The molecule has 0 spiro atoms. The van der Waals surface area contributed by atoms with Gasteiger partial charge in [-0.05, 0) is 48.8 Å². The Morgan fingerprint density at radius 3 is 2.26 bits per heavy atom. The van der Waals surface area contributed by atoms with Crippen molar-refractivity contribution >= 4 is 5.97 Å². The normalized spacial score (nSPS) is 15.1. The van der Waals surface area contributed by atoms with Crippen LogP contribution in [0.5, 0.6) is 0 Å². The van der Waals surface area contributed by atoms with Crippen molar-refractivity contribution in [3.63, 3.8) is 0 Å². The highest BCUT2D eigenvalue weighted by Crippen LogP contribution is 2.10. The van der Waals surface area contributed by atoms with E-state index in [4.69, 9.17) is 4.74 Å². The van der Waals surface area contributed by atoms with E-state index in [1.807, 2.05) is 48.8 Å². The number of hydrogen-bond acceptors (Lipinski definition) is 5. The topological polar surface area (TPSA) is 44.8 Å². The van der Waals surface area contributed by atoms with Gasteiger partial charge in [-0.15, -0.1) is 0 Å². The monoisotopic (exact) mass is 273 g/mol. The second kappa shape index (κ2) is 8.51. The van der Waals surface area contributed by atoms with E-state index in [0.29, 0.717) is 13.2 Å². The smallest absolute Gasteiger partial charge is 0.327 e. The molecule has 5 heteroatoms. The van der Waals surface area contributed by atoms with E-state index in [9.17, 15) is 4.79 Å². The highest BCUT2D eigenvalue weighted by atomic mass is 16.5. The number of esters is 1. The quantitative estimate of drug-likeness (QED) is 0.630. The van der Waals surface area contributed by atoms with E-state index in [1.165, 1.54) is 0 Å². The molecule has 5 nitrogen and oxygen atoms in total. The Morgan fingerprint density at radius 1 is 1.26 bits per heavy atom. The molecular formula is C14H31N3O2. The number of carbonyl (C=O) groups excluding carboxylic acids is 1. The van der Waals surface area contributed by atoms with Crippen LogP contribution in [0, 0.1) is 0 Å². The maximum Gasteiger partial charge on any atom is 0.327 e. The van der Waals surface area contributed by atoms with E-state index in [2.05, 4.69) is 15.1 Å². The summed E-state index contributed by atoms with van der Waals surface area (Å²) in [6.07, 6.45) is 0. The van der Waals surface area contributed by atoms with Crippen molar-refractivity contribution in [2.24, 2.45) is 0 Å². The van der Waals surface area contributed by atoms with Crippen LogP contribution in [-0.4, -0.2) is 74.7 Å². The first-order valence-electron chi connectivity index (χ1n) is 6.99. The fourth-order valence-electron chi connectivity index (χ4n) is 2.09. The SMILES string of the molecule is CCOC(=O)C(C)(CN(C)CCN(C)C)NC(C)C. The minimum absolute atomic E-state index is 0.180. The van der Waals surface area contributed by atoms with Gasteiger partial charge in [0.25, 0.3) is 0 Å².